The molecule has 14 heavy (non-hydrogen) atoms. The largest absolute Gasteiger partial charge is 0.489 e. The second-order valence-corrected chi connectivity index (χ2v) is 4.26. The fraction of sp³-hybridized carbons (Fsp3) is 0.500. The zero-order valence-electron chi connectivity index (χ0n) is 7.87. The number of ether oxygens (including phenoxy) is 1. The Balaban J connectivity index is 1.88. The Morgan fingerprint density at radius 2 is 2.57 bits per heavy atom. The van der Waals surface area contributed by atoms with Crippen LogP contribution in [0.15, 0.2) is 22.9 Å². The second-order valence-electron chi connectivity index (χ2n) is 3.41. The molecule has 0 saturated carbocycles. The number of nitrogens with one attached hydrogen (secondary N) is 1. The van der Waals surface area contributed by atoms with Gasteiger partial charge < -0.3 is 10.1 Å². The van der Waals surface area contributed by atoms with E-state index in [1.54, 1.807) is 12.4 Å². The van der Waals surface area contributed by atoms with E-state index in [-0.39, 0.29) is 0 Å². The van der Waals surface area contributed by atoms with Gasteiger partial charge in [-0.3, -0.25) is 4.98 Å². The third-order valence-electron chi connectivity index (χ3n) is 2.34. The monoisotopic (exact) mass is 256 g/mol. The van der Waals surface area contributed by atoms with Gasteiger partial charge in [-0.05, 0) is 41.4 Å². The zero-order chi connectivity index (χ0) is 9.80. The van der Waals surface area contributed by atoms with Crippen LogP contribution in [-0.2, 0) is 0 Å². The average Bonchev–Trinajstić information content (AvgIpc) is 2.69. The molecule has 76 valence electrons. The summed E-state index contributed by atoms with van der Waals surface area (Å²) in [4.78, 5) is 4.02. The summed E-state index contributed by atoms with van der Waals surface area (Å²) in [6.45, 7) is 1.84. The Morgan fingerprint density at radius 3 is 3.29 bits per heavy atom. The second kappa shape index (κ2) is 4.75. The van der Waals surface area contributed by atoms with Gasteiger partial charge >= 0.3 is 0 Å². The number of nitrogens with zero attached hydrogens (tertiary/aromatic N) is 1. The number of hydrogen-bond acceptors (Lipinski definition) is 3. The average molecular weight is 257 g/mol. The van der Waals surface area contributed by atoms with Gasteiger partial charge in [0.2, 0.25) is 0 Å². The molecule has 0 amide bonds. The molecule has 0 unspecified atom stereocenters. The predicted molar refractivity (Wildman–Crippen MR) is 58.5 cm³/mol. The van der Waals surface area contributed by atoms with E-state index in [2.05, 4.69) is 26.2 Å². The molecule has 2 heterocycles. The van der Waals surface area contributed by atoms with Crippen LogP contribution in [0.5, 0.6) is 5.75 Å². The van der Waals surface area contributed by atoms with Crippen molar-refractivity contribution in [2.45, 2.75) is 18.9 Å². The lowest BCUT2D eigenvalue weighted by Gasteiger charge is -2.12. The highest BCUT2D eigenvalue weighted by molar-refractivity contribution is 9.10. The van der Waals surface area contributed by atoms with E-state index in [4.69, 9.17) is 4.74 Å². The minimum absolute atomic E-state index is 0.502. The lowest BCUT2D eigenvalue weighted by molar-refractivity contribution is 0.274. The van der Waals surface area contributed by atoms with Crippen molar-refractivity contribution >= 4 is 15.9 Å². The summed E-state index contributed by atoms with van der Waals surface area (Å²) in [6.07, 6.45) is 5.93. The van der Waals surface area contributed by atoms with E-state index in [0.29, 0.717) is 6.04 Å². The van der Waals surface area contributed by atoms with Crippen LogP contribution >= 0.6 is 15.9 Å². The van der Waals surface area contributed by atoms with Crippen LogP contribution in [0.1, 0.15) is 12.8 Å². The van der Waals surface area contributed by atoms with Crippen molar-refractivity contribution < 1.29 is 4.74 Å². The maximum atomic E-state index is 5.65. The quantitative estimate of drug-likeness (QED) is 0.898. The highest BCUT2D eigenvalue weighted by Crippen LogP contribution is 2.23. The van der Waals surface area contributed by atoms with Gasteiger partial charge in [0.15, 0.2) is 5.75 Å². The first-order valence-electron chi connectivity index (χ1n) is 4.82. The van der Waals surface area contributed by atoms with Gasteiger partial charge in [0.25, 0.3) is 0 Å². The maximum absolute atomic E-state index is 5.65. The Labute approximate surface area is 92.0 Å². The lowest BCUT2D eigenvalue weighted by Crippen LogP contribution is -2.28. The van der Waals surface area contributed by atoms with Crippen LogP contribution in [0.25, 0.3) is 0 Å². The molecule has 1 aromatic rings. The Hall–Kier alpha value is -0.610. The minimum atomic E-state index is 0.502. The molecule has 3 nitrogen and oxygen atoms in total. The van der Waals surface area contributed by atoms with E-state index < -0.39 is 0 Å². The molecule has 0 spiro atoms. The molecule has 1 aliphatic rings. The molecule has 2 rings (SSSR count). The third-order valence-corrected chi connectivity index (χ3v) is 2.99. The van der Waals surface area contributed by atoms with E-state index in [1.165, 1.54) is 12.8 Å². The van der Waals surface area contributed by atoms with Crippen LogP contribution in [0.2, 0.25) is 0 Å². The van der Waals surface area contributed by atoms with Crippen molar-refractivity contribution in [3.05, 3.63) is 22.9 Å². The van der Waals surface area contributed by atoms with Crippen LogP contribution in [-0.4, -0.2) is 24.2 Å². The molecule has 0 radical (unpaired) electrons. The Bertz CT molecular complexity index is 300. The van der Waals surface area contributed by atoms with Crippen LogP contribution in [0.4, 0.5) is 0 Å². The predicted octanol–water partition coefficient (Wildman–Crippen LogP) is 1.97. The summed E-state index contributed by atoms with van der Waals surface area (Å²) < 4.78 is 6.61. The Kier molecular flexibility index (Phi) is 3.37. The van der Waals surface area contributed by atoms with Crippen LogP contribution in [0.3, 0.4) is 0 Å². The zero-order valence-corrected chi connectivity index (χ0v) is 9.46. The SMILES string of the molecule is Brc1ccncc1OC[C@@H]1CCCN1. The van der Waals surface area contributed by atoms with Crippen molar-refractivity contribution in [2.24, 2.45) is 0 Å². The van der Waals surface area contributed by atoms with Gasteiger partial charge in [-0.1, -0.05) is 0 Å². The van der Waals surface area contributed by atoms with Crippen LogP contribution < -0.4 is 10.1 Å². The first-order chi connectivity index (χ1) is 6.86. The van der Waals surface area contributed by atoms with Crippen molar-refractivity contribution in [1.82, 2.24) is 10.3 Å². The number of pyridine rings is 1. The highest BCUT2D eigenvalue weighted by Gasteiger charge is 2.14. The van der Waals surface area contributed by atoms with E-state index in [9.17, 15) is 0 Å². The number of aromatic nitrogens is 1. The standard InChI is InChI=1S/C10H13BrN2O/c11-9-3-5-12-6-10(9)14-7-8-2-1-4-13-8/h3,5-6,8,13H,1-2,4,7H2/t8-/m0/s1. The number of hydrogen-bond donors (Lipinski definition) is 1. The summed E-state index contributed by atoms with van der Waals surface area (Å²) in [7, 11) is 0. The van der Waals surface area contributed by atoms with Gasteiger partial charge in [0, 0.05) is 12.2 Å². The van der Waals surface area contributed by atoms with E-state index in [1.807, 2.05) is 6.07 Å². The summed E-state index contributed by atoms with van der Waals surface area (Å²) in [5.74, 6) is 0.821. The van der Waals surface area contributed by atoms with Crippen molar-refractivity contribution in [3.63, 3.8) is 0 Å². The molecular formula is C10H13BrN2O. The normalized spacial score (nSPS) is 21.1. The fourth-order valence-corrected chi connectivity index (χ4v) is 1.89. The van der Waals surface area contributed by atoms with Gasteiger partial charge in [-0.2, -0.15) is 0 Å². The molecule has 0 aliphatic carbocycles. The first-order valence-corrected chi connectivity index (χ1v) is 5.61. The minimum Gasteiger partial charge on any atom is -0.489 e. The molecule has 1 aliphatic heterocycles. The summed E-state index contributed by atoms with van der Waals surface area (Å²) in [5.41, 5.74) is 0. The third kappa shape index (κ3) is 2.45. The van der Waals surface area contributed by atoms with Gasteiger partial charge in [-0.25, -0.2) is 0 Å². The molecule has 1 fully saturated rings. The molecule has 0 aromatic carbocycles. The van der Waals surface area contributed by atoms with E-state index >= 15 is 0 Å². The molecule has 1 saturated heterocycles. The van der Waals surface area contributed by atoms with Gasteiger partial charge in [-0.15, -0.1) is 0 Å². The van der Waals surface area contributed by atoms with E-state index in [0.717, 1.165) is 23.4 Å². The number of halogens is 1. The molecule has 1 N–H and O–H groups in total. The summed E-state index contributed by atoms with van der Waals surface area (Å²) in [6, 6.07) is 2.39. The summed E-state index contributed by atoms with van der Waals surface area (Å²) in [5, 5.41) is 3.39. The Morgan fingerprint density at radius 1 is 1.64 bits per heavy atom. The van der Waals surface area contributed by atoms with Crippen molar-refractivity contribution in [2.75, 3.05) is 13.2 Å². The van der Waals surface area contributed by atoms with Gasteiger partial charge in [0.1, 0.15) is 6.61 Å². The molecule has 4 heteroatoms. The lowest BCUT2D eigenvalue weighted by atomic mass is 10.2. The summed E-state index contributed by atoms with van der Waals surface area (Å²) >= 11 is 3.42. The van der Waals surface area contributed by atoms with Crippen LogP contribution in [0, 0.1) is 0 Å². The van der Waals surface area contributed by atoms with Crippen molar-refractivity contribution in [1.29, 1.82) is 0 Å². The smallest absolute Gasteiger partial charge is 0.151 e. The topological polar surface area (TPSA) is 34.1 Å². The molecule has 1 aromatic heterocycles. The first kappa shape index (κ1) is 9.93. The highest BCUT2D eigenvalue weighted by atomic mass is 79.9. The van der Waals surface area contributed by atoms with Gasteiger partial charge in [0.05, 0.1) is 10.7 Å². The maximum Gasteiger partial charge on any atom is 0.151 e. The van der Waals surface area contributed by atoms with Crippen molar-refractivity contribution in [3.8, 4) is 5.75 Å². The fourth-order valence-electron chi connectivity index (χ4n) is 1.56. The number of rotatable bonds is 3. The molecule has 0 bridgehead atoms. The molecule has 1 atom stereocenters. The molecular weight excluding hydrogens is 244 g/mol.